The molecule has 19 heavy (non-hydrogen) atoms. The molecule has 1 aliphatic heterocycles. The van der Waals surface area contributed by atoms with E-state index in [0.717, 1.165) is 37.9 Å². The van der Waals surface area contributed by atoms with Gasteiger partial charge in [0.15, 0.2) is 0 Å². The standard InChI is InChI=1S/C14H17NO4/c16-14(17)10-6-12(9-3-4-9)13(15-7-10)19-11-2-1-5-18-8-11/h6-7,9,11H,1-5,8H2,(H,16,17)/t11-/m0/s1. The topological polar surface area (TPSA) is 68.7 Å². The van der Waals surface area contributed by atoms with Gasteiger partial charge in [-0.05, 0) is 37.7 Å². The van der Waals surface area contributed by atoms with Gasteiger partial charge in [-0.2, -0.15) is 0 Å². The highest BCUT2D eigenvalue weighted by Crippen LogP contribution is 2.44. The highest BCUT2D eigenvalue weighted by molar-refractivity contribution is 5.87. The minimum absolute atomic E-state index is 0.0365. The second kappa shape index (κ2) is 5.17. The van der Waals surface area contributed by atoms with Crippen LogP contribution < -0.4 is 4.74 Å². The summed E-state index contributed by atoms with van der Waals surface area (Å²) in [4.78, 5) is 15.2. The van der Waals surface area contributed by atoms with Crippen LogP contribution in [0.4, 0.5) is 0 Å². The van der Waals surface area contributed by atoms with Gasteiger partial charge in [0, 0.05) is 18.4 Å². The van der Waals surface area contributed by atoms with E-state index in [1.54, 1.807) is 6.07 Å². The molecule has 0 spiro atoms. The van der Waals surface area contributed by atoms with E-state index in [9.17, 15) is 4.79 Å². The fourth-order valence-electron chi connectivity index (χ4n) is 2.33. The van der Waals surface area contributed by atoms with Gasteiger partial charge in [-0.25, -0.2) is 9.78 Å². The molecular weight excluding hydrogens is 246 g/mol. The van der Waals surface area contributed by atoms with Crippen LogP contribution in [0.2, 0.25) is 0 Å². The largest absolute Gasteiger partial charge is 0.478 e. The van der Waals surface area contributed by atoms with Crippen LogP contribution in [0.1, 0.15) is 47.5 Å². The summed E-state index contributed by atoms with van der Waals surface area (Å²) in [5, 5.41) is 9.02. The van der Waals surface area contributed by atoms with Gasteiger partial charge in [-0.3, -0.25) is 0 Å². The van der Waals surface area contributed by atoms with E-state index in [4.69, 9.17) is 14.6 Å². The molecule has 2 fully saturated rings. The maximum Gasteiger partial charge on any atom is 0.337 e. The highest BCUT2D eigenvalue weighted by atomic mass is 16.5. The average Bonchev–Trinajstić information content (AvgIpc) is 3.24. The molecule has 0 bridgehead atoms. The summed E-state index contributed by atoms with van der Waals surface area (Å²) in [7, 11) is 0. The maximum atomic E-state index is 11.0. The van der Waals surface area contributed by atoms with E-state index in [-0.39, 0.29) is 11.7 Å². The molecule has 3 rings (SSSR count). The van der Waals surface area contributed by atoms with E-state index < -0.39 is 5.97 Å². The minimum Gasteiger partial charge on any atom is -0.478 e. The Morgan fingerprint density at radius 2 is 2.26 bits per heavy atom. The van der Waals surface area contributed by atoms with Gasteiger partial charge in [0.05, 0.1) is 12.2 Å². The number of carbonyl (C=O) groups is 1. The first kappa shape index (κ1) is 12.4. The summed E-state index contributed by atoms with van der Waals surface area (Å²) < 4.78 is 11.3. The van der Waals surface area contributed by atoms with Gasteiger partial charge in [-0.15, -0.1) is 0 Å². The minimum atomic E-state index is -0.943. The Kier molecular flexibility index (Phi) is 3.38. The van der Waals surface area contributed by atoms with Crippen LogP contribution in [0, 0.1) is 0 Å². The van der Waals surface area contributed by atoms with Crippen molar-refractivity contribution in [3.63, 3.8) is 0 Å². The van der Waals surface area contributed by atoms with Crippen molar-refractivity contribution in [2.24, 2.45) is 0 Å². The number of rotatable bonds is 4. The Morgan fingerprint density at radius 1 is 1.42 bits per heavy atom. The number of pyridine rings is 1. The Morgan fingerprint density at radius 3 is 2.89 bits per heavy atom. The van der Waals surface area contributed by atoms with Crippen molar-refractivity contribution in [3.05, 3.63) is 23.4 Å². The zero-order valence-electron chi connectivity index (χ0n) is 10.7. The Bertz CT molecular complexity index is 478. The predicted molar refractivity (Wildman–Crippen MR) is 67.6 cm³/mol. The molecule has 1 aromatic rings. The molecule has 1 saturated carbocycles. The van der Waals surface area contributed by atoms with E-state index in [2.05, 4.69) is 4.98 Å². The predicted octanol–water partition coefficient (Wildman–Crippen LogP) is 2.21. The SMILES string of the molecule is O=C(O)c1cnc(O[C@H]2CCCOC2)c(C2CC2)c1. The zero-order valence-corrected chi connectivity index (χ0v) is 10.7. The number of carboxylic acids is 1. The smallest absolute Gasteiger partial charge is 0.337 e. The summed E-state index contributed by atoms with van der Waals surface area (Å²) in [5.74, 6) is 0.0521. The third-order valence-corrected chi connectivity index (χ3v) is 3.54. The highest BCUT2D eigenvalue weighted by Gasteiger charge is 2.30. The van der Waals surface area contributed by atoms with Crippen molar-refractivity contribution in [1.82, 2.24) is 4.98 Å². The molecule has 1 aliphatic carbocycles. The second-order valence-corrected chi connectivity index (χ2v) is 5.15. The summed E-state index contributed by atoms with van der Waals surface area (Å²) in [5.41, 5.74) is 1.17. The lowest BCUT2D eigenvalue weighted by Crippen LogP contribution is -2.28. The number of ether oxygens (including phenoxy) is 2. The van der Waals surface area contributed by atoms with Gasteiger partial charge in [0.25, 0.3) is 0 Å². The number of hydrogen-bond donors (Lipinski definition) is 1. The van der Waals surface area contributed by atoms with E-state index >= 15 is 0 Å². The lowest BCUT2D eigenvalue weighted by Gasteiger charge is -2.23. The molecule has 0 unspecified atom stereocenters. The first-order valence-corrected chi connectivity index (χ1v) is 6.71. The molecule has 0 aromatic carbocycles. The summed E-state index contributed by atoms with van der Waals surface area (Å²) >= 11 is 0. The molecule has 0 radical (unpaired) electrons. The van der Waals surface area contributed by atoms with Crippen LogP contribution in [0.5, 0.6) is 5.88 Å². The lowest BCUT2D eigenvalue weighted by molar-refractivity contribution is 0.00505. The van der Waals surface area contributed by atoms with Gasteiger partial charge in [0.1, 0.15) is 6.10 Å². The molecule has 5 nitrogen and oxygen atoms in total. The molecule has 102 valence electrons. The second-order valence-electron chi connectivity index (χ2n) is 5.15. The first-order chi connectivity index (χ1) is 9.24. The molecule has 5 heteroatoms. The molecule has 2 heterocycles. The van der Waals surface area contributed by atoms with Crippen molar-refractivity contribution < 1.29 is 19.4 Å². The Hall–Kier alpha value is -1.62. The van der Waals surface area contributed by atoms with E-state index in [0.29, 0.717) is 18.4 Å². The summed E-state index contributed by atoms with van der Waals surface area (Å²) in [6.45, 7) is 1.38. The molecular formula is C14H17NO4. The van der Waals surface area contributed by atoms with Crippen molar-refractivity contribution in [2.75, 3.05) is 13.2 Å². The molecule has 1 N–H and O–H groups in total. The maximum absolute atomic E-state index is 11.0. The monoisotopic (exact) mass is 263 g/mol. The van der Waals surface area contributed by atoms with Crippen molar-refractivity contribution in [1.29, 1.82) is 0 Å². The quantitative estimate of drug-likeness (QED) is 0.902. The van der Waals surface area contributed by atoms with Gasteiger partial charge < -0.3 is 14.6 Å². The summed E-state index contributed by atoms with van der Waals surface area (Å²) in [6, 6.07) is 1.70. The summed E-state index contributed by atoms with van der Waals surface area (Å²) in [6.07, 6.45) is 5.54. The third-order valence-electron chi connectivity index (χ3n) is 3.54. The molecule has 1 saturated heterocycles. The number of nitrogens with zero attached hydrogens (tertiary/aromatic N) is 1. The van der Waals surface area contributed by atoms with Crippen LogP contribution in [0.15, 0.2) is 12.3 Å². The average molecular weight is 263 g/mol. The Balaban J connectivity index is 1.81. The number of aromatic nitrogens is 1. The zero-order chi connectivity index (χ0) is 13.2. The van der Waals surface area contributed by atoms with Gasteiger partial charge in [0.2, 0.25) is 5.88 Å². The fraction of sp³-hybridized carbons (Fsp3) is 0.571. The van der Waals surface area contributed by atoms with Crippen LogP contribution in [0.25, 0.3) is 0 Å². The molecule has 2 aliphatic rings. The first-order valence-electron chi connectivity index (χ1n) is 6.71. The van der Waals surface area contributed by atoms with Crippen molar-refractivity contribution in [3.8, 4) is 5.88 Å². The number of carboxylic acid groups (broad SMARTS) is 1. The Labute approximate surface area is 111 Å². The van der Waals surface area contributed by atoms with Crippen LogP contribution >= 0.6 is 0 Å². The van der Waals surface area contributed by atoms with Crippen LogP contribution in [0.3, 0.4) is 0 Å². The van der Waals surface area contributed by atoms with Gasteiger partial charge in [-0.1, -0.05) is 0 Å². The van der Waals surface area contributed by atoms with Crippen LogP contribution in [-0.4, -0.2) is 35.4 Å². The molecule has 1 atom stereocenters. The van der Waals surface area contributed by atoms with Gasteiger partial charge >= 0.3 is 5.97 Å². The van der Waals surface area contributed by atoms with E-state index in [1.165, 1.54) is 6.20 Å². The van der Waals surface area contributed by atoms with Crippen molar-refractivity contribution in [2.45, 2.75) is 37.7 Å². The normalized spacial score (nSPS) is 23.1. The fourth-order valence-corrected chi connectivity index (χ4v) is 2.33. The molecule has 1 aromatic heterocycles. The third kappa shape index (κ3) is 2.87. The molecule has 0 amide bonds. The van der Waals surface area contributed by atoms with E-state index in [1.807, 2.05) is 0 Å². The lowest BCUT2D eigenvalue weighted by atomic mass is 10.1. The van der Waals surface area contributed by atoms with Crippen LogP contribution in [-0.2, 0) is 4.74 Å². The van der Waals surface area contributed by atoms with Crippen molar-refractivity contribution >= 4 is 5.97 Å². The number of hydrogen-bond acceptors (Lipinski definition) is 4. The number of aromatic carboxylic acids is 1.